The van der Waals surface area contributed by atoms with Crippen molar-refractivity contribution in [2.24, 2.45) is 0 Å². The van der Waals surface area contributed by atoms with E-state index in [-0.39, 0.29) is 5.56 Å². The lowest BCUT2D eigenvalue weighted by Gasteiger charge is -1.97. The van der Waals surface area contributed by atoms with Gasteiger partial charge in [-0.3, -0.25) is 0 Å². The fourth-order valence-electron chi connectivity index (χ4n) is 1.12. The maximum Gasteiger partial charge on any atom is 0.181 e. The van der Waals surface area contributed by atoms with Gasteiger partial charge < -0.3 is 4.42 Å². The number of hydrogen-bond acceptors (Lipinski definition) is 3. The fourth-order valence-corrected chi connectivity index (χ4v) is 1.12. The molecule has 1 aromatic heterocycles. The smallest absolute Gasteiger partial charge is 0.181 e. The van der Waals surface area contributed by atoms with E-state index < -0.39 is 5.82 Å². The Hall–Kier alpha value is -2.15. The molecule has 0 bridgehead atoms. The molecule has 0 amide bonds. The van der Waals surface area contributed by atoms with Crippen LogP contribution < -0.4 is 0 Å². The number of rotatable bonds is 1. The van der Waals surface area contributed by atoms with Crippen molar-refractivity contribution in [3.8, 4) is 17.4 Å². The van der Waals surface area contributed by atoms with E-state index in [4.69, 9.17) is 9.68 Å². The average Bonchev–Trinajstić information content (AvgIpc) is 2.70. The normalized spacial score (nSPS) is 9.71. The van der Waals surface area contributed by atoms with Gasteiger partial charge in [0, 0.05) is 5.56 Å². The van der Waals surface area contributed by atoms with Gasteiger partial charge in [-0.1, -0.05) is 0 Å². The highest BCUT2D eigenvalue weighted by atomic mass is 19.1. The molecule has 3 nitrogen and oxygen atoms in total. The van der Waals surface area contributed by atoms with E-state index >= 15 is 0 Å². The summed E-state index contributed by atoms with van der Waals surface area (Å²) in [4.78, 5) is 3.72. The first-order chi connectivity index (χ1) is 6.81. The molecule has 2 aromatic rings. The highest BCUT2D eigenvalue weighted by Gasteiger charge is 2.06. The lowest BCUT2D eigenvalue weighted by atomic mass is 10.1. The predicted molar refractivity (Wildman–Crippen MR) is 46.6 cm³/mol. The Kier molecular flexibility index (Phi) is 1.99. The minimum absolute atomic E-state index is 0.0215. The van der Waals surface area contributed by atoms with Crippen molar-refractivity contribution in [3.05, 3.63) is 42.2 Å². The summed E-state index contributed by atoms with van der Waals surface area (Å²) in [7, 11) is 0. The van der Waals surface area contributed by atoms with Crippen LogP contribution in [0.3, 0.4) is 0 Å². The van der Waals surface area contributed by atoms with Crippen molar-refractivity contribution in [2.45, 2.75) is 0 Å². The summed E-state index contributed by atoms with van der Waals surface area (Å²) >= 11 is 0. The third kappa shape index (κ3) is 1.36. The van der Waals surface area contributed by atoms with E-state index in [0.717, 1.165) is 0 Å². The highest BCUT2D eigenvalue weighted by molar-refractivity contribution is 5.57. The van der Waals surface area contributed by atoms with Crippen LogP contribution in [0.25, 0.3) is 11.3 Å². The Balaban J connectivity index is 2.49. The molecule has 1 heterocycles. The van der Waals surface area contributed by atoms with Crippen LogP contribution in [0, 0.1) is 17.1 Å². The summed E-state index contributed by atoms with van der Waals surface area (Å²) in [5.74, 6) is -0.0743. The Bertz CT molecular complexity index is 485. The summed E-state index contributed by atoms with van der Waals surface area (Å²) in [6.07, 6.45) is 2.76. The standard InChI is InChI=1S/C10H5FN2O/c11-9-3-7(1-2-8(9)4-12)10-5-13-6-14-10/h1-3,5-6H. The quantitative estimate of drug-likeness (QED) is 0.690. The van der Waals surface area contributed by atoms with E-state index in [1.807, 2.05) is 0 Å². The van der Waals surface area contributed by atoms with Crippen molar-refractivity contribution >= 4 is 0 Å². The maximum absolute atomic E-state index is 13.2. The Labute approximate surface area is 79.4 Å². The molecule has 0 saturated heterocycles. The second-order valence-electron chi connectivity index (χ2n) is 2.67. The summed E-state index contributed by atoms with van der Waals surface area (Å²) in [5.41, 5.74) is 0.590. The van der Waals surface area contributed by atoms with Crippen LogP contribution in [0.2, 0.25) is 0 Å². The number of benzene rings is 1. The monoisotopic (exact) mass is 188 g/mol. The van der Waals surface area contributed by atoms with Crippen molar-refractivity contribution in [1.82, 2.24) is 4.98 Å². The molecule has 14 heavy (non-hydrogen) atoms. The molecule has 0 atom stereocenters. The van der Waals surface area contributed by atoms with Crippen molar-refractivity contribution in [2.75, 3.05) is 0 Å². The summed E-state index contributed by atoms with van der Waals surface area (Å²) < 4.78 is 18.1. The first-order valence-electron chi connectivity index (χ1n) is 3.90. The van der Waals surface area contributed by atoms with Gasteiger partial charge in [0.1, 0.15) is 11.9 Å². The van der Waals surface area contributed by atoms with Gasteiger partial charge in [-0.05, 0) is 18.2 Å². The molecule has 0 aliphatic heterocycles. The lowest BCUT2D eigenvalue weighted by molar-refractivity contribution is 0.570. The van der Waals surface area contributed by atoms with E-state index in [1.54, 1.807) is 12.1 Å². The molecule has 0 aliphatic carbocycles. The molecule has 1 aromatic carbocycles. The SMILES string of the molecule is N#Cc1ccc(-c2cnco2)cc1F. The van der Waals surface area contributed by atoms with Gasteiger partial charge in [0.2, 0.25) is 0 Å². The number of nitriles is 1. The zero-order valence-corrected chi connectivity index (χ0v) is 7.07. The number of hydrogen-bond donors (Lipinski definition) is 0. The molecule has 68 valence electrons. The van der Waals surface area contributed by atoms with Crippen LogP contribution in [0.4, 0.5) is 4.39 Å². The van der Waals surface area contributed by atoms with Crippen LogP contribution in [0.15, 0.2) is 35.2 Å². The van der Waals surface area contributed by atoms with Gasteiger partial charge in [0.05, 0.1) is 11.8 Å². The second-order valence-corrected chi connectivity index (χ2v) is 2.67. The molecular weight excluding hydrogens is 183 g/mol. The van der Waals surface area contributed by atoms with Crippen molar-refractivity contribution in [1.29, 1.82) is 5.26 Å². The molecule has 4 heteroatoms. The Morgan fingerprint density at radius 1 is 1.43 bits per heavy atom. The minimum Gasteiger partial charge on any atom is -0.444 e. The van der Waals surface area contributed by atoms with Gasteiger partial charge in [0.15, 0.2) is 12.2 Å². The minimum atomic E-state index is -0.554. The van der Waals surface area contributed by atoms with Gasteiger partial charge in [0.25, 0.3) is 0 Å². The topological polar surface area (TPSA) is 49.8 Å². The summed E-state index contributed by atoms with van der Waals surface area (Å²) in [6.45, 7) is 0. The summed E-state index contributed by atoms with van der Waals surface area (Å²) in [5, 5.41) is 8.51. The number of halogens is 1. The van der Waals surface area contributed by atoms with Crippen molar-refractivity contribution in [3.63, 3.8) is 0 Å². The zero-order chi connectivity index (χ0) is 9.97. The maximum atomic E-state index is 13.2. The first kappa shape index (κ1) is 8.45. The molecule has 2 rings (SSSR count). The summed E-state index contributed by atoms with van der Waals surface area (Å²) in [6, 6.07) is 6.02. The second kappa shape index (κ2) is 3.30. The molecule has 0 unspecified atom stereocenters. The number of aromatic nitrogens is 1. The molecule has 0 radical (unpaired) electrons. The van der Waals surface area contributed by atoms with Crippen LogP contribution in [-0.2, 0) is 0 Å². The van der Waals surface area contributed by atoms with Gasteiger partial charge in [-0.25, -0.2) is 9.37 Å². The van der Waals surface area contributed by atoms with E-state index in [1.165, 1.54) is 24.7 Å². The lowest BCUT2D eigenvalue weighted by Crippen LogP contribution is -1.84. The largest absolute Gasteiger partial charge is 0.444 e. The Morgan fingerprint density at radius 3 is 2.86 bits per heavy atom. The van der Waals surface area contributed by atoms with E-state index in [2.05, 4.69) is 4.98 Å². The predicted octanol–water partition coefficient (Wildman–Crippen LogP) is 2.35. The molecule has 0 saturated carbocycles. The van der Waals surface area contributed by atoms with Gasteiger partial charge in [-0.15, -0.1) is 0 Å². The molecule has 0 aliphatic rings. The first-order valence-corrected chi connectivity index (χ1v) is 3.90. The van der Waals surface area contributed by atoms with Gasteiger partial charge in [-0.2, -0.15) is 5.26 Å². The number of oxazole rings is 1. The van der Waals surface area contributed by atoms with E-state index in [0.29, 0.717) is 11.3 Å². The average molecular weight is 188 g/mol. The molecule has 0 fully saturated rings. The third-order valence-electron chi connectivity index (χ3n) is 1.81. The van der Waals surface area contributed by atoms with Gasteiger partial charge >= 0.3 is 0 Å². The van der Waals surface area contributed by atoms with E-state index in [9.17, 15) is 4.39 Å². The molecule has 0 N–H and O–H groups in total. The van der Waals surface area contributed by atoms with Crippen LogP contribution in [0.1, 0.15) is 5.56 Å². The van der Waals surface area contributed by atoms with Crippen LogP contribution in [-0.4, -0.2) is 4.98 Å². The van der Waals surface area contributed by atoms with Crippen molar-refractivity contribution < 1.29 is 8.81 Å². The zero-order valence-electron chi connectivity index (χ0n) is 7.07. The Morgan fingerprint density at radius 2 is 2.29 bits per heavy atom. The molecular formula is C10H5FN2O. The molecule has 0 spiro atoms. The number of nitrogens with zero attached hydrogens (tertiary/aromatic N) is 2. The fraction of sp³-hybridized carbons (Fsp3) is 0. The van der Waals surface area contributed by atoms with Crippen LogP contribution in [0.5, 0.6) is 0 Å². The van der Waals surface area contributed by atoms with Crippen LogP contribution >= 0.6 is 0 Å². The third-order valence-corrected chi connectivity index (χ3v) is 1.81. The highest BCUT2D eigenvalue weighted by Crippen LogP contribution is 2.20.